The highest BCUT2D eigenvalue weighted by Gasteiger charge is 2.10. The van der Waals surface area contributed by atoms with Crippen molar-refractivity contribution in [1.82, 2.24) is 4.57 Å². The fourth-order valence-electron chi connectivity index (χ4n) is 1.24. The molecule has 2 aromatic rings. The van der Waals surface area contributed by atoms with E-state index < -0.39 is 4.92 Å². The van der Waals surface area contributed by atoms with E-state index in [0.717, 1.165) is 5.52 Å². The fourth-order valence-corrected chi connectivity index (χ4v) is 1.42. The molecule has 14 heavy (non-hydrogen) atoms. The zero-order valence-electron chi connectivity index (χ0n) is 7.26. The van der Waals surface area contributed by atoms with Gasteiger partial charge in [0.2, 0.25) is 0 Å². The van der Waals surface area contributed by atoms with Crippen LogP contribution < -0.4 is 0 Å². The first-order valence-corrected chi connectivity index (χ1v) is 4.24. The van der Waals surface area contributed by atoms with Crippen molar-refractivity contribution in [2.24, 2.45) is 7.05 Å². The van der Waals surface area contributed by atoms with E-state index in [1.54, 1.807) is 17.7 Å². The van der Waals surface area contributed by atoms with Gasteiger partial charge in [-0.3, -0.25) is 10.1 Å². The third kappa shape index (κ3) is 1.20. The summed E-state index contributed by atoms with van der Waals surface area (Å²) in [5, 5.41) is 10.5. The van der Waals surface area contributed by atoms with Crippen molar-refractivity contribution in [3.05, 3.63) is 33.2 Å². The van der Waals surface area contributed by atoms with Gasteiger partial charge in [-0.05, 0) is 18.3 Å². The first kappa shape index (κ1) is 8.89. The van der Waals surface area contributed by atoms with Crippen molar-refractivity contribution in [3.63, 3.8) is 0 Å². The number of nitrogens with zero attached hydrogens (tertiary/aromatic N) is 2. The third-order valence-corrected chi connectivity index (χ3v) is 2.34. The second-order valence-corrected chi connectivity index (χ2v) is 3.19. The summed E-state index contributed by atoms with van der Waals surface area (Å²) in [6, 6.07) is 4.41. The average Bonchev–Trinajstić information content (AvgIpc) is 2.42. The van der Waals surface area contributed by atoms with Crippen LogP contribution in [0, 0.1) is 15.0 Å². The van der Waals surface area contributed by atoms with Crippen molar-refractivity contribution < 1.29 is 9.34 Å². The van der Waals surface area contributed by atoms with Crippen molar-refractivity contribution in [1.29, 1.82) is 0 Å². The van der Waals surface area contributed by atoms with Crippen LogP contribution in [-0.4, -0.2) is 9.49 Å². The van der Waals surface area contributed by atoms with Gasteiger partial charge in [0, 0.05) is 13.1 Å². The third-order valence-electron chi connectivity index (χ3n) is 1.99. The molecule has 0 aliphatic heterocycles. The molecule has 0 spiro atoms. The van der Waals surface area contributed by atoms with Crippen LogP contribution in [0.4, 0.5) is 5.69 Å². The molecule has 0 aliphatic rings. The summed E-state index contributed by atoms with van der Waals surface area (Å²) in [5.41, 5.74) is 1.19. The minimum Gasteiger partial charge on any atom is -0.429 e. The number of non-ortho nitro benzene ring substituents is 1. The molecule has 0 bridgehead atoms. The minimum atomic E-state index is -0.467. The van der Waals surface area contributed by atoms with Gasteiger partial charge in [-0.25, -0.2) is 0 Å². The average molecular weight is 210 g/mol. The Hall–Kier alpha value is -1.69. The monoisotopic (exact) mass is 210 g/mol. The predicted molar refractivity (Wildman–Crippen MR) is 52.7 cm³/mol. The van der Waals surface area contributed by atoms with Crippen molar-refractivity contribution in [2.45, 2.75) is 0 Å². The lowest BCUT2D eigenvalue weighted by Crippen LogP contribution is -1.88. The van der Waals surface area contributed by atoms with E-state index in [-0.39, 0.29) is 5.69 Å². The van der Waals surface area contributed by atoms with E-state index in [4.69, 9.17) is 16.6 Å². The van der Waals surface area contributed by atoms with Crippen LogP contribution in [0.1, 0.15) is 0 Å². The number of aryl methyl sites for hydroxylation is 1. The Kier molecular flexibility index (Phi) is 1.85. The standard InChI is InChI=1S/C8H6N2O3S/c1-9-6-3-2-5(10(11)12)4-7(6)13-8(9)14/h2-4H,1H3. The van der Waals surface area contributed by atoms with Gasteiger partial charge < -0.3 is 8.98 Å². The lowest BCUT2D eigenvalue weighted by atomic mass is 10.3. The van der Waals surface area contributed by atoms with Gasteiger partial charge in [0.25, 0.3) is 10.5 Å². The van der Waals surface area contributed by atoms with Crippen LogP contribution in [0.15, 0.2) is 22.6 Å². The van der Waals surface area contributed by atoms with Crippen LogP contribution in [0.2, 0.25) is 0 Å². The molecule has 6 heteroatoms. The highest BCUT2D eigenvalue weighted by molar-refractivity contribution is 7.71. The second-order valence-electron chi connectivity index (χ2n) is 2.84. The normalized spacial score (nSPS) is 10.6. The highest BCUT2D eigenvalue weighted by atomic mass is 32.1. The molecular formula is C8H6N2O3S. The van der Waals surface area contributed by atoms with Gasteiger partial charge in [0.05, 0.1) is 16.5 Å². The van der Waals surface area contributed by atoms with Crippen LogP contribution in [-0.2, 0) is 7.05 Å². The Balaban J connectivity index is 2.80. The summed E-state index contributed by atoms with van der Waals surface area (Å²) in [6.45, 7) is 0. The molecule has 2 rings (SSSR count). The number of oxazole rings is 1. The number of hydrogen-bond acceptors (Lipinski definition) is 4. The fraction of sp³-hybridized carbons (Fsp3) is 0.125. The molecule has 0 fully saturated rings. The minimum absolute atomic E-state index is 0.00171. The van der Waals surface area contributed by atoms with E-state index >= 15 is 0 Å². The molecule has 1 aromatic heterocycles. The molecule has 0 saturated carbocycles. The Morgan fingerprint density at radius 1 is 1.57 bits per heavy atom. The summed E-state index contributed by atoms with van der Waals surface area (Å²) in [6.07, 6.45) is 0. The predicted octanol–water partition coefficient (Wildman–Crippen LogP) is 2.41. The quantitative estimate of drug-likeness (QED) is 0.412. The van der Waals surface area contributed by atoms with Gasteiger partial charge in [0.1, 0.15) is 0 Å². The van der Waals surface area contributed by atoms with Gasteiger partial charge in [-0.1, -0.05) is 0 Å². The van der Waals surface area contributed by atoms with Gasteiger partial charge >= 0.3 is 0 Å². The number of benzene rings is 1. The number of nitro benzene ring substituents is 1. The van der Waals surface area contributed by atoms with E-state index in [0.29, 0.717) is 10.4 Å². The van der Waals surface area contributed by atoms with Crippen molar-refractivity contribution in [2.75, 3.05) is 0 Å². The SMILES string of the molecule is Cn1c(=S)oc2cc([N+](=O)[O-])ccc21. The van der Waals surface area contributed by atoms with Crippen molar-refractivity contribution >= 4 is 29.0 Å². The van der Waals surface area contributed by atoms with Gasteiger partial charge in [0.15, 0.2) is 5.58 Å². The molecular weight excluding hydrogens is 204 g/mol. The highest BCUT2D eigenvalue weighted by Crippen LogP contribution is 2.21. The Labute approximate surface area is 83.7 Å². The van der Waals surface area contributed by atoms with E-state index in [9.17, 15) is 10.1 Å². The van der Waals surface area contributed by atoms with Crippen LogP contribution in [0.5, 0.6) is 0 Å². The number of rotatable bonds is 1. The molecule has 0 atom stereocenters. The number of fused-ring (bicyclic) bond motifs is 1. The lowest BCUT2D eigenvalue weighted by molar-refractivity contribution is -0.384. The molecule has 0 saturated heterocycles. The largest absolute Gasteiger partial charge is 0.429 e. The van der Waals surface area contributed by atoms with Crippen LogP contribution in [0.25, 0.3) is 11.1 Å². The Morgan fingerprint density at radius 2 is 2.29 bits per heavy atom. The maximum absolute atomic E-state index is 10.5. The molecule has 0 amide bonds. The van der Waals surface area contributed by atoms with Crippen LogP contribution in [0.3, 0.4) is 0 Å². The van der Waals surface area contributed by atoms with E-state index in [1.165, 1.54) is 12.1 Å². The molecule has 1 heterocycles. The van der Waals surface area contributed by atoms with E-state index in [1.807, 2.05) is 0 Å². The summed E-state index contributed by atoms with van der Waals surface area (Å²) in [7, 11) is 1.75. The van der Waals surface area contributed by atoms with E-state index in [2.05, 4.69) is 0 Å². The van der Waals surface area contributed by atoms with Crippen molar-refractivity contribution in [3.8, 4) is 0 Å². The summed E-state index contributed by atoms with van der Waals surface area (Å²) >= 11 is 4.89. The summed E-state index contributed by atoms with van der Waals surface area (Å²) in [5.74, 6) is 0. The first-order valence-electron chi connectivity index (χ1n) is 3.83. The Morgan fingerprint density at radius 3 is 2.93 bits per heavy atom. The smallest absolute Gasteiger partial charge is 0.273 e. The molecule has 5 nitrogen and oxygen atoms in total. The first-order chi connectivity index (χ1) is 6.59. The molecule has 1 aromatic carbocycles. The maximum atomic E-state index is 10.5. The molecule has 0 aliphatic carbocycles. The second kappa shape index (κ2) is 2.91. The maximum Gasteiger partial charge on any atom is 0.273 e. The topological polar surface area (TPSA) is 61.2 Å². The molecule has 72 valence electrons. The number of nitro groups is 1. The zero-order valence-corrected chi connectivity index (χ0v) is 8.08. The summed E-state index contributed by atoms with van der Waals surface area (Å²) < 4.78 is 6.82. The number of aromatic nitrogens is 1. The molecule has 0 N–H and O–H groups in total. The lowest BCUT2D eigenvalue weighted by Gasteiger charge is -1.91. The number of hydrogen-bond donors (Lipinski definition) is 0. The van der Waals surface area contributed by atoms with Crippen LogP contribution >= 0.6 is 12.2 Å². The summed E-state index contributed by atoms with van der Waals surface area (Å²) in [4.78, 5) is 10.3. The zero-order chi connectivity index (χ0) is 10.3. The van der Waals surface area contributed by atoms with Gasteiger partial charge in [-0.15, -0.1) is 0 Å². The van der Waals surface area contributed by atoms with Gasteiger partial charge in [-0.2, -0.15) is 0 Å². The molecule has 0 radical (unpaired) electrons. The molecule has 0 unspecified atom stereocenters. The Bertz CT molecular complexity index is 569.